The number of rotatable bonds is 2. The highest BCUT2D eigenvalue weighted by Crippen LogP contribution is 2.45. The first-order valence-corrected chi connectivity index (χ1v) is 6.49. The van der Waals surface area contributed by atoms with Gasteiger partial charge in [-0.3, -0.25) is 0 Å². The molecule has 1 saturated carbocycles. The second-order valence-electron chi connectivity index (χ2n) is 3.45. The third-order valence-corrected chi connectivity index (χ3v) is 3.86. The van der Waals surface area contributed by atoms with Gasteiger partial charge in [0.15, 0.2) is 0 Å². The highest BCUT2D eigenvalue weighted by Gasteiger charge is 2.18. The van der Waals surface area contributed by atoms with E-state index in [0.717, 1.165) is 12.8 Å². The maximum absolute atomic E-state index is 11.6. The van der Waals surface area contributed by atoms with Crippen molar-refractivity contribution in [2.45, 2.75) is 32.1 Å². The molecule has 14 heavy (non-hydrogen) atoms. The highest BCUT2D eigenvalue weighted by molar-refractivity contribution is 7.59. The molecule has 1 rings (SSSR count). The molecular formula is C10H17O3P. The molecule has 4 heteroatoms. The molecule has 0 heterocycles. The van der Waals surface area contributed by atoms with Crippen LogP contribution in [-0.2, 0) is 13.6 Å². The monoisotopic (exact) mass is 216 g/mol. The molecule has 0 aliphatic heterocycles. The molecule has 0 N–H and O–H groups in total. The molecule has 0 aromatic heterocycles. The van der Waals surface area contributed by atoms with Crippen molar-refractivity contribution >= 4 is 7.60 Å². The summed E-state index contributed by atoms with van der Waals surface area (Å²) in [5, 5.41) is 0. The molecule has 0 amide bonds. The van der Waals surface area contributed by atoms with E-state index in [0.29, 0.717) is 5.92 Å². The Kier molecular flexibility index (Phi) is 4.68. The normalized spacial score (nSPS) is 18.7. The molecule has 80 valence electrons. The van der Waals surface area contributed by atoms with Crippen LogP contribution in [0.1, 0.15) is 32.1 Å². The van der Waals surface area contributed by atoms with Crippen molar-refractivity contribution in [2.24, 2.45) is 5.92 Å². The molecule has 3 nitrogen and oxygen atoms in total. The summed E-state index contributed by atoms with van der Waals surface area (Å²) >= 11 is 0. The largest absolute Gasteiger partial charge is 0.405 e. The minimum absolute atomic E-state index is 0.377. The van der Waals surface area contributed by atoms with Crippen LogP contribution in [0.25, 0.3) is 0 Å². The lowest BCUT2D eigenvalue weighted by Crippen LogP contribution is -2.03. The third-order valence-electron chi connectivity index (χ3n) is 2.49. The van der Waals surface area contributed by atoms with E-state index in [1.165, 1.54) is 33.5 Å². The predicted octanol–water partition coefficient (Wildman–Crippen LogP) is 3.01. The summed E-state index contributed by atoms with van der Waals surface area (Å²) in [6.07, 6.45) is 5.97. The molecule has 0 unspecified atom stereocenters. The van der Waals surface area contributed by atoms with Gasteiger partial charge in [0, 0.05) is 25.8 Å². The fraction of sp³-hybridized carbons (Fsp3) is 0.800. The molecule has 1 aliphatic rings. The molecule has 0 atom stereocenters. The first-order valence-electron chi connectivity index (χ1n) is 4.94. The van der Waals surface area contributed by atoms with Gasteiger partial charge in [-0.1, -0.05) is 25.2 Å². The van der Waals surface area contributed by atoms with Crippen LogP contribution in [0.2, 0.25) is 0 Å². The lowest BCUT2D eigenvalue weighted by atomic mass is 9.90. The van der Waals surface area contributed by atoms with Crippen LogP contribution < -0.4 is 0 Å². The van der Waals surface area contributed by atoms with Gasteiger partial charge in [-0.15, -0.1) is 0 Å². The zero-order chi connectivity index (χ0) is 10.4. The summed E-state index contributed by atoms with van der Waals surface area (Å²) in [6.45, 7) is 0. The molecule has 0 spiro atoms. The SMILES string of the molecule is COP(=O)(C#CC1CCCCC1)OC. The molecular weight excluding hydrogens is 199 g/mol. The Bertz CT molecular complexity index is 263. The van der Waals surface area contributed by atoms with Gasteiger partial charge in [0.25, 0.3) is 0 Å². The van der Waals surface area contributed by atoms with Gasteiger partial charge in [0.05, 0.1) is 0 Å². The van der Waals surface area contributed by atoms with Gasteiger partial charge < -0.3 is 9.05 Å². The van der Waals surface area contributed by atoms with Crippen molar-refractivity contribution in [3.8, 4) is 11.6 Å². The standard InChI is InChI=1S/C10H17O3P/c1-12-14(11,13-2)9-8-10-6-4-3-5-7-10/h10H,3-7H2,1-2H3. The van der Waals surface area contributed by atoms with Gasteiger partial charge in [-0.05, 0) is 12.8 Å². The van der Waals surface area contributed by atoms with E-state index in [1.807, 2.05) is 0 Å². The molecule has 1 fully saturated rings. The maximum atomic E-state index is 11.6. The lowest BCUT2D eigenvalue weighted by molar-refractivity contribution is 0.288. The summed E-state index contributed by atoms with van der Waals surface area (Å²) in [5.74, 6) is 3.38. The maximum Gasteiger partial charge on any atom is 0.405 e. The Labute approximate surface area is 85.7 Å². The van der Waals surface area contributed by atoms with Crippen LogP contribution in [0.4, 0.5) is 0 Å². The number of hydrogen-bond donors (Lipinski definition) is 0. The average molecular weight is 216 g/mol. The lowest BCUT2D eigenvalue weighted by Gasteiger charge is -2.15. The summed E-state index contributed by atoms with van der Waals surface area (Å²) in [5.41, 5.74) is 2.63. The van der Waals surface area contributed by atoms with Crippen LogP contribution >= 0.6 is 7.60 Å². The minimum Gasteiger partial charge on any atom is -0.303 e. The van der Waals surface area contributed by atoms with Gasteiger partial charge in [0.2, 0.25) is 0 Å². The van der Waals surface area contributed by atoms with E-state index in [1.54, 1.807) is 0 Å². The fourth-order valence-corrected chi connectivity index (χ4v) is 2.26. The highest BCUT2D eigenvalue weighted by atomic mass is 31.2. The van der Waals surface area contributed by atoms with Crippen molar-refractivity contribution in [2.75, 3.05) is 14.2 Å². The summed E-state index contributed by atoms with van der Waals surface area (Å²) < 4.78 is 21.1. The molecule has 0 radical (unpaired) electrons. The van der Waals surface area contributed by atoms with Gasteiger partial charge >= 0.3 is 7.60 Å². The van der Waals surface area contributed by atoms with E-state index < -0.39 is 7.60 Å². The van der Waals surface area contributed by atoms with Crippen LogP contribution in [0.15, 0.2) is 0 Å². The van der Waals surface area contributed by atoms with Crippen molar-refractivity contribution in [3.63, 3.8) is 0 Å². The second-order valence-corrected chi connectivity index (χ2v) is 5.40. The molecule has 1 aliphatic carbocycles. The van der Waals surface area contributed by atoms with Gasteiger partial charge in [-0.25, -0.2) is 4.57 Å². The summed E-state index contributed by atoms with van der Waals surface area (Å²) in [7, 11) is -0.387. The van der Waals surface area contributed by atoms with Crippen molar-refractivity contribution in [3.05, 3.63) is 0 Å². The van der Waals surface area contributed by atoms with Crippen LogP contribution in [0.3, 0.4) is 0 Å². The second kappa shape index (κ2) is 5.56. The first-order chi connectivity index (χ1) is 6.70. The van der Waals surface area contributed by atoms with E-state index >= 15 is 0 Å². The van der Waals surface area contributed by atoms with E-state index in [9.17, 15) is 4.57 Å². The Balaban J connectivity index is 2.55. The van der Waals surface area contributed by atoms with Crippen molar-refractivity contribution < 1.29 is 13.6 Å². The third kappa shape index (κ3) is 3.46. The fourth-order valence-electron chi connectivity index (χ4n) is 1.58. The van der Waals surface area contributed by atoms with Gasteiger partial charge in [-0.2, -0.15) is 0 Å². The number of hydrogen-bond acceptors (Lipinski definition) is 3. The summed E-state index contributed by atoms with van der Waals surface area (Å²) in [4.78, 5) is 0. The Morgan fingerprint density at radius 3 is 2.21 bits per heavy atom. The first kappa shape index (κ1) is 11.8. The molecule has 0 aromatic carbocycles. The van der Waals surface area contributed by atoms with Gasteiger partial charge in [0.1, 0.15) is 0 Å². The van der Waals surface area contributed by atoms with Crippen molar-refractivity contribution in [1.82, 2.24) is 0 Å². The predicted molar refractivity (Wildman–Crippen MR) is 56.0 cm³/mol. The zero-order valence-electron chi connectivity index (χ0n) is 8.78. The Hall–Kier alpha value is -0.290. The summed E-state index contributed by atoms with van der Waals surface area (Å²) in [6, 6.07) is 0. The Morgan fingerprint density at radius 2 is 1.71 bits per heavy atom. The molecule has 0 aromatic rings. The van der Waals surface area contributed by atoms with E-state index in [4.69, 9.17) is 9.05 Å². The van der Waals surface area contributed by atoms with E-state index in [-0.39, 0.29) is 0 Å². The Morgan fingerprint density at radius 1 is 1.14 bits per heavy atom. The van der Waals surface area contributed by atoms with Crippen LogP contribution in [0.5, 0.6) is 0 Å². The average Bonchev–Trinajstić information content (AvgIpc) is 2.27. The zero-order valence-corrected chi connectivity index (χ0v) is 9.68. The quantitative estimate of drug-likeness (QED) is 0.525. The molecule has 0 saturated heterocycles. The topological polar surface area (TPSA) is 35.5 Å². The van der Waals surface area contributed by atoms with Crippen molar-refractivity contribution in [1.29, 1.82) is 0 Å². The minimum atomic E-state index is -3.11. The smallest absolute Gasteiger partial charge is 0.303 e. The van der Waals surface area contributed by atoms with Crippen LogP contribution in [-0.4, -0.2) is 14.2 Å². The van der Waals surface area contributed by atoms with E-state index in [2.05, 4.69) is 11.6 Å². The van der Waals surface area contributed by atoms with Crippen LogP contribution in [0, 0.1) is 17.5 Å². The molecule has 0 bridgehead atoms.